The van der Waals surface area contributed by atoms with E-state index in [0.29, 0.717) is 0 Å². The molecule has 0 aliphatic carbocycles. The van der Waals surface area contributed by atoms with Gasteiger partial charge >= 0.3 is 12.1 Å². The second-order valence-corrected chi connectivity index (χ2v) is 8.17. The Hall–Kier alpha value is -3.38. The topological polar surface area (TPSA) is 148 Å². The van der Waals surface area contributed by atoms with Gasteiger partial charge in [-0.05, 0) is 42.5 Å². The fourth-order valence-electron chi connectivity index (χ4n) is 2.91. The van der Waals surface area contributed by atoms with Crippen molar-refractivity contribution in [2.24, 2.45) is 5.73 Å². The van der Waals surface area contributed by atoms with Crippen LogP contribution >= 0.6 is 0 Å². The largest absolute Gasteiger partial charge is 0.484 e. The summed E-state index contributed by atoms with van der Waals surface area (Å²) in [7, 11) is -3.10. The smallest absolute Gasteiger partial charge is 0.409 e. The Kier molecular flexibility index (Phi) is 5.80. The zero-order valence-electron chi connectivity index (χ0n) is 15.6. The molecule has 0 fully saturated rings. The number of nitrogens with zero attached hydrogens (tertiary/aromatic N) is 1. The van der Waals surface area contributed by atoms with Gasteiger partial charge in [-0.25, -0.2) is 17.6 Å². The Labute approximate surface area is 171 Å². The first-order valence-electron chi connectivity index (χ1n) is 8.56. The van der Waals surface area contributed by atoms with Gasteiger partial charge in [0.25, 0.3) is 10.0 Å². The number of esters is 1. The van der Waals surface area contributed by atoms with Gasteiger partial charge in [0, 0.05) is 5.69 Å². The van der Waals surface area contributed by atoms with Crippen molar-refractivity contribution in [1.29, 1.82) is 0 Å². The normalized spacial score (nSPS) is 16.8. The van der Waals surface area contributed by atoms with Gasteiger partial charge in [0.1, 0.15) is 23.7 Å². The zero-order valence-corrected chi connectivity index (χ0v) is 16.4. The first-order valence-corrected chi connectivity index (χ1v) is 10.00. The number of carbonyl (C=O) groups excluding carboxylic acids is 1. The quantitative estimate of drug-likeness (QED) is 0.592. The van der Waals surface area contributed by atoms with E-state index in [1.54, 1.807) is 0 Å². The number of fused-ring (bicyclic) bond motifs is 1. The summed E-state index contributed by atoms with van der Waals surface area (Å²) in [5.41, 5.74) is 5.98. The molecule has 0 saturated heterocycles. The highest BCUT2D eigenvalue weighted by Crippen LogP contribution is 2.39. The molecule has 0 spiro atoms. The number of benzene rings is 2. The third-order valence-corrected chi connectivity index (χ3v) is 6.17. The SMILES string of the molecule is COC(=O)C(N)C1CN(S(=O)(=O)c2ccc(F)cc2)c2cc(NC(=O)O)ccc2O1. The Morgan fingerprint density at radius 1 is 1.30 bits per heavy atom. The lowest BCUT2D eigenvalue weighted by Gasteiger charge is -2.37. The average Bonchev–Trinajstić information content (AvgIpc) is 2.71. The van der Waals surface area contributed by atoms with Crippen LogP contribution in [0.1, 0.15) is 0 Å². The Balaban J connectivity index is 2.09. The van der Waals surface area contributed by atoms with Crippen molar-refractivity contribution in [3.05, 3.63) is 48.3 Å². The van der Waals surface area contributed by atoms with E-state index in [0.717, 1.165) is 35.7 Å². The molecule has 3 rings (SSSR count). The van der Waals surface area contributed by atoms with Gasteiger partial charge < -0.3 is 20.3 Å². The van der Waals surface area contributed by atoms with Gasteiger partial charge in [0.2, 0.25) is 0 Å². The number of anilines is 2. The van der Waals surface area contributed by atoms with E-state index in [1.807, 2.05) is 0 Å². The molecular weight excluding hydrogens is 421 g/mol. The van der Waals surface area contributed by atoms with Crippen LogP contribution in [0.3, 0.4) is 0 Å². The van der Waals surface area contributed by atoms with Crippen LogP contribution in [0, 0.1) is 5.82 Å². The maximum Gasteiger partial charge on any atom is 0.409 e. The van der Waals surface area contributed by atoms with Gasteiger partial charge in [0.05, 0.1) is 24.2 Å². The maximum absolute atomic E-state index is 13.3. The van der Waals surface area contributed by atoms with Gasteiger partial charge in [0.15, 0.2) is 0 Å². The van der Waals surface area contributed by atoms with Crippen molar-refractivity contribution < 1.29 is 37.0 Å². The van der Waals surface area contributed by atoms with Crippen molar-refractivity contribution in [3.8, 4) is 5.75 Å². The Bertz CT molecular complexity index is 1080. The number of carboxylic acid groups (broad SMARTS) is 1. The third-order valence-electron chi connectivity index (χ3n) is 4.38. The molecule has 12 heteroatoms. The van der Waals surface area contributed by atoms with E-state index in [9.17, 15) is 22.4 Å². The lowest BCUT2D eigenvalue weighted by atomic mass is 10.1. The summed E-state index contributed by atoms with van der Waals surface area (Å²) in [4.78, 5) is 22.6. The van der Waals surface area contributed by atoms with Crippen molar-refractivity contribution in [1.82, 2.24) is 0 Å². The molecule has 0 saturated carbocycles. The third kappa shape index (κ3) is 4.14. The number of sulfonamides is 1. The molecule has 2 atom stereocenters. The van der Waals surface area contributed by atoms with E-state index < -0.39 is 40.0 Å². The zero-order chi connectivity index (χ0) is 22.1. The van der Waals surface area contributed by atoms with E-state index in [4.69, 9.17) is 15.6 Å². The van der Waals surface area contributed by atoms with Gasteiger partial charge in [-0.1, -0.05) is 0 Å². The van der Waals surface area contributed by atoms with Crippen molar-refractivity contribution in [3.63, 3.8) is 0 Å². The van der Waals surface area contributed by atoms with E-state index in [1.165, 1.54) is 18.2 Å². The maximum atomic E-state index is 13.3. The molecule has 4 N–H and O–H groups in total. The second kappa shape index (κ2) is 8.16. The molecule has 2 aromatic carbocycles. The van der Waals surface area contributed by atoms with E-state index in [2.05, 4.69) is 10.1 Å². The summed E-state index contributed by atoms with van der Waals surface area (Å²) >= 11 is 0. The van der Waals surface area contributed by atoms with Gasteiger partial charge in [-0.3, -0.25) is 14.4 Å². The highest BCUT2D eigenvalue weighted by atomic mass is 32.2. The summed E-state index contributed by atoms with van der Waals surface area (Å²) in [6, 6.07) is 6.87. The van der Waals surface area contributed by atoms with Crippen molar-refractivity contribution >= 4 is 33.5 Å². The van der Waals surface area contributed by atoms with Crippen LogP contribution < -0.4 is 20.1 Å². The molecule has 0 aromatic heterocycles. The molecule has 2 unspecified atom stereocenters. The molecule has 2 aromatic rings. The standard InChI is InChI=1S/C18H18FN3O7S/c1-28-17(23)16(20)15-9-22(30(26,27)12-5-2-10(19)3-6-12)13-8-11(21-18(24)25)4-7-14(13)29-15/h2-8,15-16,21H,9,20H2,1H3,(H,24,25). The van der Waals surface area contributed by atoms with Crippen LogP contribution in [-0.2, 0) is 19.6 Å². The predicted molar refractivity (Wildman–Crippen MR) is 103 cm³/mol. The molecule has 1 aliphatic rings. The van der Waals surface area contributed by atoms with Crippen LogP contribution in [0.25, 0.3) is 0 Å². The number of hydrogen-bond acceptors (Lipinski definition) is 7. The van der Waals surface area contributed by atoms with Crippen molar-refractivity contribution in [2.75, 3.05) is 23.3 Å². The molecule has 30 heavy (non-hydrogen) atoms. The Morgan fingerprint density at radius 3 is 2.57 bits per heavy atom. The average molecular weight is 439 g/mol. The number of amides is 1. The highest BCUT2D eigenvalue weighted by molar-refractivity contribution is 7.92. The Morgan fingerprint density at radius 2 is 1.97 bits per heavy atom. The molecule has 1 aliphatic heterocycles. The molecule has 160 valence electrons. The molecule has 0 bridgehead atoms. The van der Waals surface area contributed by atoms with Crippen LogP contribution in [0.15, 0.2) is 47.4 Å². The molecule has 0 radical (unpaired) electrons. The lowest BCUT2D eigenvalue weighted by Crippen LogP contribution is -2.54. The minimum atomic E-state index is -4.23. The minimum absolute atomic E-state index is 0.0268. The number of hydrogen-bond donors (Lipinski definition) is 3. The number of halogens is 1. The second-order valence-electron chi connectivity index (χ2n) is 6.31. The number of carbonyl (C=O) groups is 2. The first kappa shape index (κ1) is 21.3. The fourth-order valence-corrected chi connectivity index (χ4v) is 4.39. The number of nitrogens with two attached hydrogens (primary N) is 1. The van der Waals surface area contributed by atoms with Gasteiger partial charge in [-0.15, -0.1) is 0 Å². The number of rotatable bonds is 5. The lowest BCUT2D eigenvalue weighted by molar-refractivity contribution is -0.144. The monoisotopic (exact) mass is 439 g/mol. The van der Waals surface area contributed by atoms with Crippen LogP contribution in [0.4, 0.5) is 20.6 Å². The predicted octanol–water partition coefficient (Wildman–Crippen LogP) is 1.37. The molecular formula is C18H18FN3O7S. The van der Waals surface area contributed by atoms with Crippen molar-refractivity contribution in [2.45, 2.75) is 17.0 Å². The van der Waals surface area contributed by atoms with Crippen LogP contribution in [0.5, 0.6) is 5.75 Å². The molecule has 10 nitrogen and oxygen atoms in total. The van der Waals surface area contributed by atoms with Crippen LogP contribution in [0.2, 0.25) is 0 Å². The first-order chi connectivity index (χ1) is 14.1. The summed E-state index contributed by atoms with van der Waals surface area (Å²) in [6.07, 6.45) is -2.43. The summed E-state index contributed by atoms with van der Waals surface area (Å²) in [6.45, 7) is -0.362. The molecule has 1 heterocycles. The fraction of sp³-hybridized carbons (Fsp3) is 0.222. The van der Waals surface area contributed by atoms with E-state index in [-0.39, 0.29) is 28.6 Å². The number of nitrogens with one attached hydrogen (secondary N) is 1. The van der Waals surface area contributed by atoms with Gasteiger partial charge in [-0.2, -0.15) is 0 Å². The summed E-state index contributed by atoms with van der Waals surface area (Å²) in [5.74, 6) is -1.35. The van der Waals surface area contributed by atoms with E-state index >= 15 is 0 Å². The number of methoxy groups -OCH3 is 1. The minimum Gasteiger partial charge on any atom is -0.484 e. The summed E-state index contributed by atoms with van der Waals surface area (Å²) < 4.78 is 51.0. The van der Waals surface area contributed by atoms with Crippen LogP contribution in [-0.4, -0.2) is 51.4 Å². The number of ether oxygens (including phenoxy) is 2. The molecule has 1 amide bonds. The summed E-state index contributed by atoms with van der Waals surface area (Å²) in [5, 5.41) is 11.1. The highest BCUT2D eigenvalue weighted by Gasteiger charge is 2.39.